The van der Waals surface area contributed by atoms with Crippen molar-refractivity contribution in [1.82, 2.24) is 5.32 Å². The van der Waals surface area contributed by atoms with E-state index in [1.807, 2.05) is 44.2 Å². The Balaban J connectivity index is 2.31. The fraction of sp³-hybridized carbons (Fsp3) is 0.364. The van der Waals surface area contributed by atoms with Gasteiger partial charge >= 0.3 is 6.09 Å². The largest absolute Gasteiger partial charge is 0.445 e. The summed E-state index contributed by atoms with van der Waals surface area (Å²) in [5, 5.41) is 2.65. The molecule has 0 aliphatic rings. The first-order valence-corrected chi connectivity index (χ1v) is 4.65. The van der Waals surface area contributed by atoms with Crippen molar-refractivity contribution in [1.29, 1.82) is 0 Å². The predicted octanol–water partition coefficient (Wildman–Crippen LogP) is 2.32. The van der Waals surface area contributed by atoms with Crippen LogP contribution in [0.25, 0.3) is 0 Å². The van der Waals surface area contributed by atoms with E-state index in [1.165, 1.54) is 0 Å². The Morgan fingerprint density at radius 1 is 1.36 bits per heavy atom. The lowest BCUT2D eigenvalue weighted by Crippen LogP contribution is -2.30. The van der Waals surface area contributed by atoms with Gasteiger partial charge in [-0.3, -0.25) is 0 Å². The average molecular weight is 193 g/mol. The molecule has 1 aromatic rings. The molecule has 0 unspecified atom stereocenters. The van der Waals surface area contributed by atoms with Crippen LogP contribution in [0.1, 0.15) is 19.4 Å². The predicted molar refractivity (Wildman–Crippen MR) is 54.9 cm³/mol. The van der Waals surface area contributed by atoms with E-state index in [-0.39, 0.29) is 12.1 Å². The summed E-state index contributed by atoms with van der Waals surface area (Å²) in [6, 6.07) is 9.71. The van der Waals surface area contributed by atoms with Gasteiger partial charge in [0.05, 0.1) is 0 Å². The molecule has 1 rings (SSSR count). The van der Waals surface area contributed by atoms with Crippen LogP contribution in [0.5, 0.6) is 0 Å². The summed E-state index contributed by atoms with van der Waals surface area (Å²) in [5.41, 5.74) is 0.992. The minimum absolute atomic E-state index is 0.110. The van der Waals surface area contributed by atoms with E-state index in [1.54, 1.807) is 0 Å². The molecule has 0 aliphatic heterocycles. The number of nitrogens with one attached hydrogen (secondary N) is 1. The van der Waals surface area contributed by atoms with Gasteiger partial charge in [0.1, 0.15) is 6.61 Å². The molecule has 1 aromatic carbocycles. The van der Waals surface area contributed by atoms with E-state index in [0.717, 1.165) is 5.56 Å². The van der Waals surface area contributed by atoms with Crippen molar-refractivity contribution in [2.24, 2.45) is 0 Å². The molecule has 1 amide bonds. The van der Waals surface area contributed by atoms with E-state index in [2.05, 4.69) is 5.32 Å². The van der Waals surface area contributed by atoms with Crippen molar-refractivity contribution in [2.45, 2.75) is 26.5 Å². The minimum atomic E-state index is -0.371. The average Bonchev–Trinajstić information content (AvgIpc) is 2.15. The quantitative estimate of drug-likeness (QED) is 0.800. The third kappa shape index (κ3) is 3.94. The third-order valence-corrected chi connectivity index (χ3v) is 1.62. The Morgan fingerprint density at radius 2 is 2.00 bits per heavy atom. The number of benzene rings is 1. The molecule has 0 radical (unpaired) electrons. The van der Waals surface area contributed by atoms with Gasteiger partial charge in [-0.05, 0) is 19.4 Å². The Bertz CT molecular complexity index is 283. The maximum Gasteiger partial charge on any atom is 0.407 e. The van der Waals surface area contributed by atoms with Crippen molar-refractivity contribution < 1.29 is 9.53 Å². The molecule has 0 saturated heterocycles. The van der Waals surface area contributed by atoms with Crippen LogP contribution in [0.15, 0.2) is 30.3 Å². The van der Waals surface area contributed by atoms with E-state index in [4.69, 9.17) is 4.74 Å². The zero-order valence-electron chi connectivity index (χ0n) is 8.49. The van der Waals surface area contributed by atoms with Gasteiger partial charge in [-0.2, -0.15) is 0 Å². The number of carbonyl (C=O) groups is 1. The molecule has 3 nitrogen and oxygen atoms in total. The van der Waals surface area contributed by atoms with Gasteiger partial charge < -0.3 is 10.1 Å². The van der Waals surface area contributed by atoms with Crippen LogP contribution in [0.2, 0.25) is 0 Å². The van der Waals surface area contributed by atoms with E-state index in [9.17, 15) is 4.79 Å². The fourth-order valence-electron chi connectivity index (χ4n) is 1.00. The monoisotopic (exact) mass is 193 g/mol. The van der Waals surface area contributed by atoms with Crippen molar-refractivity contribution in [2.75, 3.05) is 0 Å². The summed E-state index contributed by atoms with van der Waals surface area (Å²) in [6.07, 6.45) is -0.371. The summed E-state index contributed by atoms with van der Waals surface area (Å²) < 4.78 is 4.99. The Kier molecular flexibility index (Phi) is 3.98. The summed E-state index contributed by atoms with van der Waals surface area (Å²) in [7, 11) is 0. The van der Waals surface area contributed by atoms with Gasteiger partial charge in [0.15, 0.2) is 0 Å². The molecular formula is C11H15NO2. The van der Waals surface area contributed by atoms with Crippen LogP contribution in [-0.2, 0) is 11.3 Å². The second-order valence-corrected chi connectivity index (χ2v) is 3.36. The van der Waals surface area contributed by atoms with Crippen LogP contribution in [-0.4, -0.2) is 12.1 Å². The first-order chi connectivity index (χ1) is 6.68. The second-order valence-electron chi connectivity index (χ2n) is 3.36. The van der Waals surface area contributed by atoms with Gasteiger partial charge in [0.25, 0.3) is 0 Å². The zero-order chi connectivity index (χ0) is 10.4. The van der Waals surface area contributed by atoms with Crippen LogP contribution in [0.3, 0.4) is 0 Å². The van der Waals surface area contributed by atoms with Gasteiger partial charge in [-0.25, -0.2) is 4.79 Å². The van der Waals surface area contributed by atoms with E-state index in [0.29, 0.717) is 6.61 Å². The zero-order valence-corrected chi connectivity index (χ0v) is 8.49. The lowest BCUT2D eigenvalue weighted by atomic mass is 10.2. The first-order valence-electron chi connectivity index (χ1n) is 4.65. The molecular weight excluding hydrogens is 178 g/mol. The number of carbonyl (C=O) groups excluding carboxylic acids is 1. The number of rotatable bonds is 3. The normalized spacial score (nSPS) is 9.93. The number of hydrogen-bond acceptors (Lipinski definition) is 2. The summed E-state index contributed by atoms with van der Waals surface area (Å²) >= 11 is 0. The molecule has 0 spiro atoms. The topological polar surface area (TPSA) is 38.3 Å². The highest BCUT2D eigenvalue weighted by atomic mass is 16.5. The Labute approximate surface area is 84.1 Å². The first kappa shape index (κ1) is 10.6. The van der Waals surface area contributed by atoms with Crippen LogP contribution >= 0.6 is 0 Å². The van der Waals surface area contributed by atoms with Gasteiger partial charge in [-0.15, -0.1) is 0 Å². The van der Waals surface area contributed by atoms with Gasteiger partial charge in [-0.1, -0.05) is 30.3 Å². The molecule has 0 atom stereocenters. The van der Waals surface area contributed by atoms with Gasteiger partial charge in [0.2, 0.25) is 0 Å². The maximum atomic E-state index is 11.1. The molecule has 0 aliphatic carbocycles. The van der Waals surface area contributed by atoms with E-state index < -0.39 is 0 Å². The van der Waals surface area contributed by atoms with E-state index >= 15 is 0 Å². The van der Waals surface area contributed by atoms with Gasteiger partial charge in [0, 0.05) is 6.04 Å². The second kappa shape index (κ2) is 5.27. The number of amides is 1. The highest BCUT2D eigenvalue weighted by Crippen LogP contribution is 2.00. The highest BCUT2D eigenvalue weighted by molar-refractivity contribution is 5.67. The minimum Gasteiger partial charge on any atom is -0.445 e. The van der Waals surface area contributed by atoms with Crippen molar-refractivity contribution in [3.63, 3.8) is 0 Å². The van der Waals surface area contributed by atoms with Crippen LogP contribution < -0.4 is 5.32 Å². The molecule has 0 heterocycles. The van der Waals surface area contributed by atoms with Crippen LogP contribution in [0.4, 0.5) is 4.79 Å². The fourth-order valence-corrected chi connectivity index (χ4v) is 1.00. The Morgan fingerprint density at radius 3 is 2.57 bits per heavy atom. The molecule has 14 heavy (non-hydrogen) atoms. The van der Waals surface area contributed by atoms with Crippen LogP contribution in [0, 0.1) is 0 Å². The highest BCUT2D eigenvalue weighted by Gasteiger charge is 2.03. The smallest absolute Gasteiger partial charge is 0.407 e. The number of hydrogen-bond donors (Lipinski definition) is 1. The lowest BCUT2D eigenvalue weighted by molar-refractivity contribution is 0.137. The van der Waals surface area contributed by atoms with Crippen molar-refractivity contribution in [3.05, 3.63) is 35.9 Å². The molecule has 0 aromatic heterocycles. The maximum absolute atomic E-state index is 11.1. The summed E-state index contributed by atoms with van der Waals surface area (Å²) in [5.74, 6) is 0. The molecule has 0 saturated carbocycles. The third-order valence-electron chi connectivity index (χ3n) is 1.62. The Hall–Kier alpha value is -1.51. The number of alkyl carbamates (subject to hydrolysis) is 1. The molecule has 0 fully saturated rings. The summed E-state index contributed by atoms with van der Waals surface area (Å²) in [6.45, 7) is 4.10. The molecule has 1 N–H and O–H groups in total. The molecule has 76 valence electrons. The summed E-state index contributed by atoms with van der Waals surface area (Å²) in [4.78, 5) is 11.1. The van der Waals surface area contributed by atoms with Crippen molar-refractivity contribution >= 4 is 6.09 Å². The molecule has 3 heteroatoms. The lowest BCUT2D eigenvalue weighted by Gasteiger charge is -2.08. The van der Waals surface area contributed by atoms with Crippen molar-refractivity contribution in [3.8, 4) is 0 Å². The molecule has 0 bridgehead atoms. The standard InChI is InChI=1S/C11H15NO2/c1-9(2)12-11(13)14-8-10-6-4-3-5-7-10/h3-7,9H,8H2,1-2H3,(H,12,13). The number of ether oxygens (including phenoxy) is 1. The SMILES string of the molecule is CC(C)NC(=O)OCc1ccccc1.